The molecule has 0 saturated heterocycles. The molecule has 3 rings (SSSR count). The van der Waals surface area contributed by atoms with E-state index in [0.717, 1.165) is 4.88 Å². The van der Waals surface area contributed by atoms with Crippen LogP contribution >= 0.6 is 11.3 Å². The minimum absolute atomic E-state index is 0.0375. The van der Waals surface area contributed by atoms with Gasteiger partial charge in [0.15, 0.2) is 0 Å². The van der Waals surface area contributed by atoms with Crippen LogP contribution in [0.2, 0.25) is 0 Å². The summed E-state index contributed by atoms with van der Waals surface area (Å²) in [7, 11) is 0. The summed E-state index contributed by atoms with van der Waals surface area (Å²) in [4.78, 5) is 24.8. The average Bonchev–Trinajstić information content (AvgIpc) is 3.13. The Morgan fingerprint density at radius 3 is 2.76 bits per heavy atom. The summed E-state index contributed by atoms with van der Waals surface area (Å²) in [5.41, 5.74) is 0.825. The van der Waals surface area contributed by atoms with Gasteiger partial charge in [-0.25, -0.2) is 9.07 Å². The predicted molar refractivity (Wildman–Crippen MR) is 94.9 cm³/mol. The third-order valence-corrected chi connectivity index (χ3v) is 4.49. The fourth-order valence-corrected chi connectivity index (χ4v) is 3.03. The molecule has 0 saturated carbocycles. The summed E-state index contributed by atoms with van der Waals surface area (Å²) in [6.07, 6.45) is -0.0375. The Balaban J connectivity index is 1.58. The zero-order valence-electron chi connectivity index (χ0n) is 13.3. The second-order valence-electron chi connectivity index (χ2n) is 5.38. The van der Waals surface area contributed by atoms with Gasteiger partial charge in [-0.1, -0.05) is 24.3 Å². The highest BCUT2D eigenvalue weighted by atomic mass is 32.1. The Bertz CT molecular complexity index is 922. The van der Waals surface area contributed by atoms with E-state index in [1.807, 2.05) is 17.5 Å². The smallest absolute Gasteiger partial charge is 0.266 e. The number of aromatic nitrogens is 2. The topological polar surface area (TPSA) is 64.0 Å². The van der Waals surface area contributed by atoms with E-state index in [-0.39, 0.29) is 31.0 Å². The zero-order chi connectivity index (χ0) is 17.6. The van der Waals surface area contributed by atoms with Crippen LogP contribution in [0.5, 0.6) is 0 Å². The number of hydrogen-bond donors (Lipinski definition) is 1. The lowest BCUT2D eigenvalue weighted by Crippen LogP contribution is -2.32. The second kappa shape index (κ2) is 7.85. The molecular formula is C18H16FN3O2S. The normalized spacial score (nSPS) is 10.6. The number of hydrogen-bond acceptors (Lipinski definition) is 4. The molecule has 2 heterocycles. The van der Waals surface area contributed by atoms with E-state index in [2.05, 4.69) is 10.4 Å². The Hall–Kier alpha value is -2.80. The minimum atomic E-state index is -0.404. The van der Waals surface area contributed by atoms with Gasteiger partial charge in [-0.15, -0.1) is 11.3 Å². The number of nitrogens with one attached hydrogen (secondary N) is 1. The predicted octanol–water partition coefficient (Wildman–Crippen LogP) is 2.47. The largest absolute Gasteiger partial charge is 0.354 e. The Morgan fingerprint density at radius 1 is 1.16 bits per heavy atom. The van der Waals surface area contributed by atoms with Crippen LogP contribution in [0.4, 0.5) is 4.39 Å². The molecule has 1 N–H and O–H groups in total. The minimum Gasteiger partial charge on any atom is -0.354 e. The first-order valence-corrected chi connectivity index (χ1v) is 8.63. The van der Waals surface area contributed by atoms with Crippen molar-refractivity contribution >= 4 is 17.2 Å². The number of benzene rings is 1. The maximum Gasteiger partial charge on any atom is 0.266 e. The fraction of sp³-hybridized carbons (Fsp3) is 0.167. The van der Waals surface area contributed by atoms with Crippen molar-refractivity contribution in [2.45, 2.75) is 13.0 Å². The summed E-state index contributed by atoms with van der Waals surface area (Å²) in [6.45, 7) is 0.495. The number of thiophene rings is 1. The highest BCUT2D eigenvalue weighted by molar-refractivity contribution is 7.13. The summed E-state index contributed by atoms with van der Waals surface area (Å²) in [6, 6.07) is 13.1. The van der Waals surface area contributed by atoms with Crippen molar-refractivity contribution in [1.29, 1.82) is 0 Å². The summed E-state index contributed by atoms with van der Waals surface area (Å²) in [5.74, 6) is -0.702. The molecule has 0 aliphatic heterocycles. The van der Waals surface area contributed by atoms with E-state index in [9.17, 15) is 14.0 Å². The molecule has 0 spiro atoms. The molecule has 0 radical (unpaired) electrons. The lowest BCUT2D eigenvalue weighted by molar-refractivity contribution is -0.120. The average molecular weight is 357 g/mol. The first kappa shape index (κ1) is 17.0. The zero-order valence-corrected chi connectivity index (χ0v) is 14.1. The van der Waals surface area contributed by atoms with Gasteiger partial charge >= 0.3 is 0 Å². The number of carbonyl (C=O) groups is 1. The molecule has 0 aliphatic rings. The summed E-state index contributed by atoms with van der Waals surface area (Å²) >= 11 is 1.54. The van der Waals surface area contributed by atoms with Crippen molar-refractivity contribution < 1.29 is 9.18 Å². The second-order valence-corrected chi connectivity index (χ2v) is 6.32. The van der Waals surface area contributed by atoms with Gasteiger partial charge in [-0.3, -0.25) is 9.59 Å². The Kier molecular flexibility index (Phi) is 5.35. The van der Waals surface area contributed by atoms with Gasteiger partial charge in [0.2, 0.25) is 5.91 Å². The quantitative estimate of drug-likeness (QED) is 0.737. The number of nitrogens with zero attached hydrogens (tertiary/aromatic N) is 2. The van der Waals surface area contributed by atoms with Crippen LogP contribution in [0.1, 0.15) is 5.56 Å². The van der Waals surface area contributed by atoms with E-state index in [0.29, 0.717) is 11.3 Å². The van der Waals surface area contributed by atoms with Gasteiger partial charge in [0, 0.05) is 12.6 Å². The molecule has 3 aromatic rings. The van der Waals surface area contributed by atoms with Crippen LogP contribution in [0.25, 0.3) is 10.6 Å². The molecule has 1 amide bonds. The first-order valence-electron chi connectivity index (χ1n) is 7.75. The van der Waals surface area contributed by atoms with Crippen molar-refractivity contribution in [2.75, 3.05) is 6.54 Å². The van der Waals surface area contributed by atoms with Crippen LogP contribution in [0.15, 0.2) is 58.7 Å². The van der Waals surface area contributed by atoms with E-state index in [1.165, 1.54) is 28.2 Å². The van der Waals surface area contributed by atoms with Gasteiger partial charge in [-0.2, -0.15) is 5.10 Å². The van der Waals surface area contributed by atoms with E-state index in [1.54, 1.807) is 24.3 Å². The monoisotopic (exact) mass is 357 g/mol. The third kappa shape index (κ3) is 4.39. The van der Waals surface area contributed by atoms with Crippen molar-refractivity contribution in [1.82, 2.24) is 15.1 Å². The fourth-order valence-electron chi connectivity index (χ4n) is 2.34. The number of halogens is 1. The van der Waals surface area contributed by atoms with E-state index >= 15 is 0 Å². The highest BCUT2D eigenvalue weighted by Gasteiger charge is 2.08. The number of carbonyl (C=O) groups excluding carboxylic acids is 1. The molecule has 0 aliphatic carbocycles. The van der Waals surface area contributed by atoms with Crippen LogP contribution in [0.3, 0.4) is 0 Å². The summed E-state index contributed by atoms with van der Waals surface area (Å²) < 4.78 is 14.9. The Morgan fingerprint density at radius 2 is 2.00 bits per heavy atom. The van der Waals surface area contributed by atoms with Crippen LogP contribution in [0, 0.1) is 5.82 Å². The third-order valence-electron chi connectivity index (χ3n) is 3.59. The molecule has 0 atom stereocenters. The maximum atomic E-state index is 13.5. The lowest BCUT2D eigenvalue weighted by atomic mass is 10.1. The number of rotatable bonds is 6. The maximum absolute atomic E-state index is 13.5. The molecule has 0 bridgehead atoms. The van der Waals surface area contributed by atoms with Crippen LogP contribution in [-0.4, -0.2) is 22.2 Å². The van der Waals surface area contributed by atoms with E-state index < -0.39 is 5.82 Å². The van der Waals surface area contributed by atoms with Gasteiger partial charge in [-0.05, 0) is 29.1 Å². The number of amides is 1. The molecule has 7 heteroatoms. The van der Waals surface area contributed by atoms with Crippen molar-refractivity contribution in [3.05, 3.63) is 75.6 Å². The molecule has 5 nitrogen and oxygen atoms in total. The summed E-state index contributed by atoms with van der Waals surface area (Å²) in [5, 5.41) is 8.94. The molecule has 25 heavy (non-hydrogen) atoms. The van der Waals surface area contributed by atoms with Crippen molar-refractivity contribution in [3.8, 4) is 10.6 Å². The molecule has 0 fully saturated rings. The van der Waals surface area contributed by atoms with Gasteiger partial charge in [0.25, 0.3) is 5.56 Å². The van der Waals surface area contributed by atoms with Gasteiger partial charge in [0.05, 0.1) is 17.8 Å². The standard InChI is InChI=1S/C18H16FN3O2S/c19-14-5-2-1-4-13(14)12-17(23)20-9-10-22-18(24)8-7-15(21-22)16-6-3-11-25-16/h1-8,11H,9-10,12H2,(H,20,23). The van der Waals surface area contributed by atoms with Crippen molar-refractivity contribution in [2.24, 2.45) is 0 Å². The lowest BCUT2D eigenvalue weighted by Gasteiger charge is -2.08. The molecule has 2 aromatic heterocycles. The van der Waals surface area contributed by atoms with Crippen LogP contribution in [-0.2, 0) is 17.8 Å². The van der Waals surface area contributed by atoms with Gasteiger partial charge < -0.3 is 5.32 Å². The molecule has 1 aromatic carbocycles. The SMILES string of the molecule is O=C(Cc1ccccc1F)NCCn1nc(-c2cccs2)ccc1=O. The highest BCUT2D eigenvalue weighted by Crippen LogP contribution is 2.20. The van der Waals surface area contributed by atoms with Crippen molar-refractivity contribution in [3.63, 3.8) is 0 Å². The Labute approximate surface area is 147 Å². The van der Waals surface area contributed by atoms with Crippen LogP contribution < -0.4 is 10.9 Å². The first-order chi connectivity index (χ1) is 12.1. The van der Waals surface area contributed by atoms with E-state index in [4.69, 9.17) is 0 Å². The molecule has 128 valence electrons. The van der Waals surface area contributed by atoms with Gasteiger partial charge in [0.1, 0.15) is 11.5 Å². The molecule has 0 unspecified atom stereocenters. The molecular weight excluding hydrogens is 341 g/mol.